The number of benzene rings is 3. The molecule has 0 aliphatic carbocycles. The molecule has 9 heteroatoms. The first-order valence-corrected chi connectivity index (χ1v) is 10.8. The average molecular weight is 459 g/mol. The van der Waals surface area contributed by atoms with Crippen molar-refractivity contribution in [2.24, 2.45) is 0 Å². The van der Waals surface area contributed by atoms with Gasteiger partial charge in [0.1, 0.15) is 11.4 Å². The van der Waals surface area contributed by atoms with E-state index in [1.165, 1.54) is 43.5 Å². The molecule has 1 heterocycles. The molecule has 5 nitrogen and oxygen atoms in total. The lowest BCUT2D eigenvalue weighted by Crippen LogP contribution is -2.19. The second-order valence-corrected chi connectivity index (χ2v) is 8.73. The number of fused-ring (bicyclic) bond motifs is 1. The van der Waals surface area contributed by atoms with Crippen molar-refractivity contribution in [3.8, 4) is 5.75 Å². The van der Waals surface area contributed by atoms with Crippen LogP contribution in [0.25, 0.3) is 10.9 Å². The van der Waals surface area contributed by atoms with Crippen molar-refractivity contribution in [2.45, 2.75) is 11.1 Å². The number of carbonyl (C=O) groups excluding carboxylic acids is 1. The fourth-order valence-electron chi connectivity index (χ4n) is 3.40. The van der Waals surface area contributed by atoms with Gasteiger partial charge < -0.3 is 4.74 Å². The first kappa shape index (κ1) is 21.6. The molecule has 0 saturated heterocycles. The van der Waals surface area contributed by atoms with Crippen molar-refractivity contribution < 1.29 is 31.1 Å². The Balaban J connectivity index is 1.97. The topological polar surface area (TPSA) is 65.4 Å². The summed E-state index contributed by atoms with van der Waals surface area (Å²) in [7, 11) is -3.04. The minimum atomic E-state index is -4.72. The van der Waals surface area contributed by atoms with E-state index in [4.69, 9.17) is 4.74 Å². The zero-order valence-corrected chi connectivity index (χ0v) is 17.4. The number of aromatic nitrogens is 1. The number of carbonyl (C=O) groups is 1. The van der Waals surface area contributed by atoms with E-state index >= 15 is 0 Å². The fourth-order valence-corrected chi connectivity index (χ4v) is 4.94. The van der Waals surface area contributed by atoms with Crippen molar-refractivity contribution in [3.63, 3.8) is 0 Å². The third kappa shape index (κ3) is 3.75. The largest absolute Gasteiger partial charge is 0.497 e. The van der Waals surface area contributed by atoms with Gasteiger partial charge in [-0.1, -0.05) is 36.4 Å². The first-order chi connectivity index (χ1) is 15.1. The lowest BCUT2D eigenvalue weighted by Gasteiger charge is -2.14. The number of hydrogen-bond acceptors (Lipinski definition) is 4. The lowest BCUT2D eigenvalue weighted by molar-refractivity contribution is -0.137. The molecule has 0 spiro atoms. The molecule has 0 atom stereocenters. The van der Waals surface area contributed by atoms with Crippen molar-refractivity contribution >= 4 is 26.7 Å². The Bertz CT molecular complexity index is 1420. The second kappa shape index (κ2) is 7.83. The number of alkyl halides is 3. The van der Waals surface area contributed by atoms with Crippen LogP contribution in [0.2, 0.25) is 0 Å². The van der Waals surface area contributed by atoms with Gasteiger partial charge in [0.05, 0.1) is 23.1 Å². The smallest absolute Gasteiger partial charge is 0.416 e. The van der Waals surface area contributed by atoms with Crippen LogP contribution >= 0.6 is 0 Å². The van der Waals surface area contributed by atoms with Crippen molar-refractivity contribution in [1.29, 1.82) is 0 Å². The quantitative estimate of drug-likeness (QED) is 0.388. The summed E-state index contributed by atoms with van der Waals surface area (Å²) in [4.78, 5) is 13.3. The highest BCUT2D eigenvalue weighted by atomic mass is 32.2. The number of halogens is 3. The van der Waals surface area contributed by atoms with Gasteiger partial charge in [-0.05, 0) is 42.5 Å². The molecule has 164 valence electrons. The number of methoxy groups -OCH3 is 1. The van der Waals surface area contributed by atoms with Crippen molar-refractivity contribution in [3.05, 3.63) is 95.7 Å². The molecule has 0 aliphatic rings. The number of ketones is 1. The predicted molar refractivity (Wildman–Crippen MR) is 112 cm³/mol. The number of nitrogens with zero attached hydrogens (tertiary/aromatic N) is 1. The minimum Gasteiger partial charge on any atom is -0.497 e. The van der Waals surface area contributed by atoms with E-state index in [0.717, 1.165) is 16.1 Å². The Morgan fingerprint density at radius 3 is 2.22 bits per heavy atom. The van der Waals surface area contributed by atoms with E-state index in [9.17, 15) is 26.4 Å². The van der Waals surface area contributed by atoms with E-state index in [0.29, 0.717) is 11.5 Å². The summed E-state index contributed by atoms with van der Waals surface area (Å²) < 4.78 is 72.7. The Hall–Kier alpha value is -3.59. The van der Waals surface area contributed by atoms with Crippen molar-refractivity contribution in [2.75, 3.05) is 7.11 Å². The van der Waals surface area contributed by atoms with Crippen molar-refractivity contribution in [1.82, 2.24) is 3.97 Å². The molecule has 3 aromatic carbocycles. The highest BCUT2D eigenvalue weighted by Crippen LogP contribution is 2.34. The van der Waals surface area contributed by atoms with E-state index in [-0.39, 0.29) is 27.4 Å². The Kier molecular flexibility index (Phi) is 5.29. The maximum atomic E-state index is 13.4. The number of ether oxygens (including phenoxy) is 1. The van der Waals surface area contributed by atoms with Gasteiger partial charge in [-0.15, -0.1) is 0 Å². The van der Waals surface area contributed by atoms with Crippen LogP contribution in [-0.2, 0) is 16.2 Å². The van der Waals surface area contributed by atoms with E-state index in [2.05, 4.69) is 0 Å². The first-order valence-electron chi connectivity index (χ1n) is 9.35. The van der Waals surface area contributed by atoms with Crippen LogP contribution in [0.4, 0.5) is 13.2 Å². The number of hydrogen-bond donors (Lipinski definition) is 0. The summed E-state index contributed by atoms with van der Waals surface area (Å²) >= 11 is 0. The third-order valence-electron chi connectivity index (χ3n) is 4.91. The zero-order chi connectivity index (χ0) is 23.1. The van der Waals surface area contributed by atoms with E-state index < -0.39 is 27.5 Å². The molecule has 1 aromatic heterocycles. The van der Waals surface area contributed by atoms with Gasteiger partial charge in [-0.2, -0.15) is 13.2 Å². The van der Waals surface area contributed by atoms with Gasteiger partial charge in [0.15, 0.2) is 0 Å². The molecule has 4 rings (SSSR count). The fraction of sp³-hybridized carbons (Fsp3) is 0.0870. The monoisotopic (exact) mass is 459 g/mol. The summed E-state index contributed by atoms with van der Waals surface area (Å²) in [5.41, 5.74) is -1.46. The average Bonchev–Trinajstić information content (AvgIpc) is 3.18. The molecule has 0 unspecified atom stereocenters. The third-order valence-corrected chi connectivity index (χ3v) is 6.65. The highest BCUT2D eigenvalue weighted by Gasteiger charge is 2.33. The van der Waals surface area contributed by atoms with Crippen LogP contribution in [0.1, 0.15) is 21.6 Å². The van der Waals surface area contributed by atoms with Gasteiger partial charge >= 0.3 is 6.18 Å². The molecule has 4 aromatic rings. The SMILES string of the molecule is COc1cc(C(=O)c2cc3ccccc3n2S(=O)(=O)c2ccccc2)cc(C(F)(F)F)c1. The Morgan fingerprint density at radius 2 is 1.56 bits per heavy atom. The summed E-state index contributed by atoms with van der Waals surface area (Å²) in [6.07, 6.45) is -4.72. The van der Waals surface area contributed by atoms with Gasteiger partial charge in [0, 0.05) is 10.9 Å². The molecule has 0 amide bonds. The normalized spacial score (nSPS) is 12.1. The molecule has 32 heavy (non-hydrogen) atoms. The van der Waals surface area contributed by atoms with Gasteiger partial charge in [-0.25, -0.2) is 12.4 Å². The number of para-hydroxylation sites is 1. The van der Waals surface area contributed by atoms with Gasteiger partial charge in [0.25, 0.3) is 10.0 Å². The molecular formula is C23H16F3NO4S. The summed E-state index contributed by atoms with van der Waals surface area (Å²) in [5.74, 6) is -1.05. The highest BCUT2D eigenvalue weighted by molar-refractivity contribution is 7.90. The van der Waals surface area contributed by atoms with Crippen LogP contribution in [-0.4, -0.2) is 25.3 Å². The molecule has 0 radical (unpaired) electrons. The van der Waals surface area contributed by atoms with Crippen LogP contribution in [0, 0.1) is 0 Å². The van der Waals surface area contributed by atoms with E-state index in [1.807, 2.05) is 0 Å². The molecule has 0 aliphatic heterocycles. The minimum absolute atomic E-state index is 0.0583. The number of rotatable bonds is 5. The standard InChI is InChI=1S/C23H16F3NO4S/c1-31-18-12-16(11-17(14-18)23(24,25)26)22(28)21-13-15-7-5-6-10-20(15)27(21)32(29,30)19-8-3-2-4-9-19/h2-14H,1H3. The zero-order valence-electron chi connectivity index (χ0n) is 16.6. The van der Waals surface area contributed by atoms with Crippen LogP contribution in [0.5, 0.6) is 5.75 Å². The Morgan fingerprint density at radius 1 is 0.906 bits per heavy atom. The van der Waals surface area contributed by atoms with Gasteiger partial charge in [0.2, 0.25) is 5.78 Å². The molecule has 0 bridgehead atoms. The summed E-state index contributed by atoms with van der Waals surface area (Å²) in [5, 5.41) is 0.453. The Labute approximate surface area is 181 Å². The van der Waals surface area contributed by atoms with Crippen LogP contribution < -0.4 is 4.74 Å². The summed E-state index contributed by atoms with van der Waals surface area (Å²) in [6.45, 7) is 0. The van der Waals surface area contributed by atoms with E-state index in [1.54, 1.807) is 24.3 Å². The maximum Gasteiger partial charge on any atom is 0.416 e. The van der Waals surface area contributed by atoms with Crippen LogP contribution in [0.3, 0.4) is 0 Å². The van der Waals surface area contributed by atoms with Gasteiger partial charge in [-0.3, -0.25) is 4.79 Å². The van der Waals surface area contributed by atoms with Crippen LogP contribution in [0.15, 0.2) is 83.8 Å². The molecule has 0 N–H and O–H groups in total. The summed E-state index contributed by atoms with van der Waals surface area (Å²) in [6, 6.07) is 17.9. The second-order valence-electron chi connectivity index (χ2n) is 6.95. The lowest BCUT2D eigenvalue weighted by atomic mass is 10.0. The molecular weight excluding hydrogens is 443 g/mol. The maximum absolute atomic E-state index is 13.4. The molecule has 0 fully saturated rings. The molecule has 0 saturated carbocycles. The predicted octanol–water partition coefficient (Wildman–Crippen LogP) is 5.14.